The van der Waals surface area contributed by atoms with E-state index in [-0.39, 0.29) is 18.4 Å². The van der Waals surface area contributed by atoms with Crippen LogP contribution in [0.5, 0.6) is 0 Å². The predicted molar refractivity (Wildman–Crippen MR) is 113 cm³/mol. The Morgan fingerprint density at radius 3 is 2.56 bits per heavy atom. The number of piperidine rings is 1. The minimum atomic E-state index is -4.63. The number of anilines is 1. The van der Waals surface area contributed by atoms with Gasteiger partial charge in [0.2, 0.25) is 0 Å². The molecule has 32 heavy (non-hydrogen) atoms. The van der Waals surface area contributed by atoms with E-state index in [9.17, 15) is 23.1 Å². The number of hydrogen-bond donors (Lipinski definition) is 1. The molecule has 2 atom stereocenters. The molecule has 0 bridgehead atoms. The molecule has 2 saturated heterocycles. The van der Waals surface area contributed by atoms with Gasteiger partial charge in [0.1, 0.15) is 0 Å². The average molecular weight is 443 g/mol. The summed E-state index contributed by atoms with van der Waals surface area (Å²) in [6.07, 6.45) is -4.05. The normalized spacial score (nSPS) is 23.1. The van der Waals surface area contributed by atoms with E-state index in [1.54, 1.807) is 23.1 Å². The third-order valence-electron chi connectivity index (χ3n) is 6.83. The number of amides is 1. The van der Waals surface area contributed by atoms with Gasteiger partial charge in [0.05, 0.1) is 23.8 Å². The fraction of sp³-hybridized carbons (Fsp3) is 0.417. The first-order valence-corrected chi connectivity index (χ1v) is 10.5. The molecule has 2 fully saturated rings. The van der Waals surface area contributed by atoms with Crippen LogP contribution in [-0.4, -0.2) is 48.7 Å². The zero-order valence-corrected chi connectivity index (χ0v) is 17.7. The van der Waals surface area contributed by atoms with Crippen LogP contribution in [-0.2, 0) is 6.18 Å². The maximum atomic E-state index is 13.4. The molecule has 0 unspecified atom stereocenters. The number of likely N-dealkylation sites (tertiary alicyclic amines) is 1. The summed E-state index contributed by atoms with van der Waals surface area (Å²) in [4.78, 5) is 16.6. The van der Waals surface area contributed by atoms with Gasteiger partial charge in [-0.1, -0.05) is 17.7 Å². The molecule has 1 amide bonds. The van der Waals surface area contributed by atoms with Crippen LogP contribution in [0, 0.1) is 29.6 Å². The van der Waals surface area contributed by atoms with Gasteiger partial charge in [0, 0.05) is 48.8 Å². The standard InChI is InChI=1S/C24H24F3N3O2/c1-16-2-4-17(5-3-16)22(32)29-9-8-23(15-31)14-30(13-19(23)12-29)20-7-6-18(11-28)21(10-20)24(25,26)27/h2-7,10,19,31H,8-9,12-15H2,1H3/t19-,23+/m1/s1. The van der Waals surface area contributed by atoms with Crippen molar-refractivity contribution in [3.8, 4) is 6.07 Å². The lowest BCUT2D eigenvalue weighted by Crippen LogP contribution is -2.50. The van der Waals surface area contributed by atoms with Crippen LogP contribution in [0.3, 0.4) is 0 Å². The molecule has 0 aliphatic carbocycles. The Bertz CT molecular complexity index is 1060. The second-order valence-corrected chi connectivity index (χ2v) is 8.80. The van der Waals surface area contributed by atoms with Crippen molar-refractivity contribution in [1.82, 2.24) is 4.90 Å². The number of aliphatic hydroxyl groups excluding tert-OH is 1. The van der Waals surface area contributed by atoms with Crippen molar-refractivity contribution in [1.29, 1.82) is 5.26 Å². The summed E-state index contributed by atoms with van der Waals surface area (Å²) in [5.74, 6) is -0.145. The summed E-state index contributed by atoms with van der Waals surface area (Å²) in [6, 6.07) is 12.7. The molecule has 1 N–H and O–H groups in total. The maximum Gasteiger partial charge on any atom is 0.417 e. The molecule has 0 saturated carbocycles. The lowest BCUT2D eigenvalue weighted by atomic mass is 9.73. The Kier molecular flexibility index (Phi) is 5.63. The highest BCUT2D eigenvalue weighted by Crippen LogP contribution is 2.45. The summed E-state index contributed by atoms with van der Waals surface area (Å²) in [5.41, 5.74) is 0.188. The number of hydrogen-bond acceptors (Lipinski definition) is 4. The van der Waals surface area contributed by atoms with Gasteiger partial charge < -0.3 is 14.9 Å². The molecule has 0 spiro atoms. The molecule has 2 aliphatic rings. The Morgan fingerprint density at radius 1 is 1.22 bits per heavy atom. The molecule has 2 heterocycles. The van der Waals surface area contributed by atoms with E-state index in [2.05, 4.69) is 0 Å². The van der Waals surface area contributed by atoms with Gasteiger partial charge in [0.25, 0.3) is 5.91 Å². The van der Waals surface area contributed by atoms with E-state index in [0.29, 0.717) is 43.9 Å². The first-order chi connectivity index (χ1) is 15.2. The molecule has 168 valence electrons. The second kappa shape index (κ2) is 8.14. The smallest absolute Gasteiger partial charge is 0.396 e. The number of fused-ring (bicyclic) bond motifs is 1. The van der Waals surface area contributed by atoms with Gasteiger partial charge in [-0.15, -0.1) is 0 Å². The molecular weight excluding hydrogens is 419 g/mol. The van der Waals surface area contributed by atoms with Crippen molar-refractivity contribution in [3.63, 3.8) is 0 Å². The highest BCUT2D eigenvalue weighted by atomic mass is 19.4. The number of benzene rings is 2. The topological polar surface area (TPSA) is 67.6 Å². The highest BCUT2D eigenvalue weighted by Gasteiger charge is 2.50. The van der Waals surface area contributed by atoms with Crippen molar-refractivity contribution in [2.24, 2.45) is 11.3 Å². The third-order valence-corrected chi connectivity index (χ3v) is 6.83. The van der Waals surface area contributed by atoms with Crippen LogP contribution < -0.4 is 4.90 Å². The van der Waals surface area contributed by atoms with Gasteiger partial charge in [-0.05, 0) is 43.7 Å². The van der Waals surface area contributed by atoms with Crippen molar-refractivity contribution < 1.29 is 23.1 Å². The fourth-order valence-corrected chi connectivity index (χ4v) is 4.86. The van der Waals surface area contributed by atoms with E-state index >= 15 is 0 Å². The van der Waals surface area contributed by atoms with Crippen LogP contribution in [0.15, 0.2) is 42.5 Å². The summed E-state index contributed by atoms with van der Waals surface area (Å²) in [6.45, 7) is 3.62. The van der Waals surface area contributed by atoms with Crippen molar-refractivity contribution in [3.05, 3.63) is 64.7 Å². The molecule has 0 aromatic heterocycles. The first kappa shape index (κ1) is 22.2. The number of aliphatic hydroxyl groups is 1. The second-order valence-electron chi connectivity index (χ2n) is 8.80. The number of carbonyl (C=O) groups is 1. The highest BCUT2D eigenvalue weighted by molar-refractivity contribution is 5.94. The molecule has 8 heteroatoms. The number of nitriles is 1. The summed E-state index contributed by atoms with van der Waals surface area (Å²) in [7, 11) is 0. The summed E-state index contributed by atoms with van der Waals surface area (Å²) >= 11 is 0. The Balaban J connectivity index is 1.57. The summed E-state index contributed by atoms with van der Waals surface area (Å²) in [5, 5.41) is 19.2. The SMILES string of the molecule is Cc1ccc(C(=O)N2CC[C@@]3(CO)CN(c4ccc(C#N)c(C(F)(F)F)c4)C[C@H]3C2)cc1. The van der Waals surface area contributed by atoms with Crippen molar-refractivity contribution in [2.75, 3.05) is 37.7 Å². The zero-order chi connectivity index (χ0) is 23.1. The lowest BCUT2D eigenvalue weighted by Gasteiger charge is -2.42. The van der Waals surface area contributed by atoms with Crippen molar-refractivity contribution in [2.45, 2.75) is 19.5 Å². The molecule has 5 nitrogen and oxygen atoms in total. The Morgan fingerprint density at radius 2 is 1.94 bits per heavy atom. The van der Waals surface area contributed by atoms with E-state index in [0.717, 1.165) is 11.6 Å². The number of alkyl halides is 3. The van der Waals surface area contributed by atoms with Gasteiger partial charge in [0.15, 0.2) is 0 Å². The van der Waals surface area contributed by atoms with Crippen LogP contribution in [0.25, 0.3) is 0 Å². The van der Waals surface area contributed by atoms with Gasteiger partial charge in [-0.3, -0.25) is 4.79 Å². The first-order valence-electron chi connectivity index (χ1n) is 10.5. The number of halogens is 3. The number of rotatable bonds is 3. The van der Waals surface area contributed by atoms with Gasteiger partial charge in [-0.2, -0.15) is 18.4 Å². The molecule has 0 radical (unpaired) electrons. The van der Waals surface area contributed by atoms with E-state index in [4.69, 9.17) is 5.26 Å². The largest absolute Gasteiger partial charge is 0.417 e. The number of nitrogens with zero attached hydrogens (tertiary/aromatic N) is 3. The monoisotopic (exact) mass is 443 g/mol. The van der Waals surface area contributed by atoms with Crippen LogP contribution in [0.1, 0.15) is 33.5 Å². The Labute approximate surface area is 184 Å². The summed E-state index contributed by atoms with van der Waals surface area (Å²) < 4.78 is 40.2. The van der Waals surface area contributed by atoms with E-state index < -0.39 is 22.7 Å². The van der Waals surface area contributed by atoms with Crippen LogP contribution in [0.2, 0.25) is 0 Å². The fourth-order valence-electron chi connectivity index (χ4n) is 4.86. The Hall–Kier alpha value is -3.05. The van der Waals surface area contributed by atoms with Gasteiger partial charge in [-0.25, -0.2) is 0 Å². The zero-order valence-electron chi connectivity index (χ0n) is 17.7. The van der Waals surface area contributed by atoms with Crippen molar-refractivity contribution >= 4 is 11.6 Å². The average Bonchev–Trinajstić information content (AvgIpc) is 3.17. The minimum absolute atomic E-state index is 0.0689. The molecule has 2 aromatic carbocycles. The molecule has 4 rings (SSSR count). The predicted octanol–water partition coefficient (Wildman–Crippen LogP) is 3.85. The minimum Gasteiger partial charge on any atom is -0.396 e. The molecule has 2 aromatic rings. The van der Waals surface area contributed by atoms with Gasteiger partial charge >= 0.3 is 6.18 Å². The molecule has 2 aliphatic heterocycles. The third kappa shape index (κ3) is 3.93. The lowest BCUT2D eigenvalue weighted by molar-refractivity contribution is -0.137. The quantitative estimate of drug-likeness (QED) is 0.783. The molecular formula is C24H24F3N3O2. The van der Waals surface area contributed by atoms with Crippen LogP contribution in [0.4, 0.5) is 18.9 Å². The number of carbonyl (C=O) groups excluding carboxylic acids is 1. The van der Waals surface area contributed by atoms with E-state index in [1.165, 1.54) is 12.1 Å². The van der Waals surface area contributed by atoms with Crippen LogP contribution >= 0.6 is 0 Å². The maximum absolute atomic E-state index is 13.4. The van der Waals surface area contributed by atoms with E-state index in [1.807, 2.05) is 24.0 Å². The number of aryl methyl sites for hydroxylation is 1.